The van der Waals surface area contributed by atoms with E-state index in [-0.39, 0.29) is 17.4 Å². The quantitative estimate of drug-likeness (QED) is 0.383. The van der Waals surface area contributed by atoms with Crippen LogP contribution in [0.25, 0.3) is 0 Å². The third kappa shape index (κ3) is 4.95. The maximum atomic E-state index is 12.9. The van der Waals surface area contributed by atoms with Gasteiger partial charge >= 0.3 is 0 Å². The molecule has 5 N–H and O–H groups in total. The van der Waals surface area contributed by atoms with Crippen molar-refractivity contribution in [2.45, 2.75) is 58.5 Å². The number of aliphatic hydroxyl groups is 1. The average molecular weight is 340 g/mol. The monoisotopic (exact) mass is 340 g/mol. The summed E-state index contributed by atoms with van der Waals surface area (Å²) in [5.74, 6) is 6.47. The number of hydrazine groups is 1. The van der Waals surface area contributed by atoms with Crippen LogP contribution < -0.4 is 11.6 Å². The molecule has 1 aliphatic carbocycles. The molecule has 2 atom stereocenters. The van der Waals surface area contributed by atoms with E-state index in [4.69, 9.17) is 16.7 Å². The van der Waals surface area contributed by atoms with Crippen molar-refractivity contribution in [3.8, 4) is 0 Å². The molecule has 1 saturated carbocycles. The van der Waals surface area contributed by atoms with Gasteiger partial charge in [0.05, 0.1) is 6.04 Å². The number of aliphatic hydroxyl groups excluding tert-OH is 1. The summed E-state index contributed by atoms with van der Waals surface area (Å²) in [5.41, 5.74) is 6.40. The van der Waals surface area contributed by atoms with Gasteiger partial charge in [-0.2, -0.15) is 0 Å². The first-order valence-corrected chi connectivity index (χ1v) is 8.46. The SMILES string of the molecule is CC(C)(C)C(C(=O)N1CCCC1C=O)N(N)/C=C(\N)C1CC1.CO. The number of carbonyl (C=O) groups is 2. The Kier molecular flexibility index (Phi) is 7.23. The van der Waals surface area contributed by atoms with Gasteiger partial charge in [0.25, 0.3) is 0 Å². The van der Waals surface area contributed by atoms with E-state index in [1.165, 1.54) is 5.01 Å². The predicted octanol–water partition coefficient (Wildman–Crippen LogP) is 0.585. The van der Waals surface area contributed by atoms with Crippen LogP contribution >= 0.6 is 0 Å². The standard InChI is InChI=1S/C16H28N4O2.CH4O/c1-16(2,3)14(20(18)9-13(17)11-6-7-11)15(22)19-8-4-5-12(19)10-21;1-2/h9-12,14H,4-8,17-18H2,1-3H3;2H,1H3/b13-9-;. The Morgan fingerprint density at radius 1 is 1.29 bits per heavy atom. The third-order valence-electron chi connectivity index (χ3n) is 4.44. The number of carbonyl (C=O) groups excluding carboxylic acids is 2. The molecule has 7 nitrogen and oxygen atoms in total. The van der Waals surface area contributed by atoms with E-state index in [0.29, 0.717) is 12.5 Å². The van der Waals surface area contributed by atoms with Gasteiger partial charge in [-0.05, 0) is 31.1 Å². The number of hydrogen-bond acceptors (Lipinski definition) is 6. The highest BCUT2D eigenvalue weighted by atomic mass is 16.2. The summed E-state index contributed by atoms with van der Waals surface area (Å²) in [6.45, 7) is 6.54. The van der Waals surface area contributed by atoms with Crippen LogP contribution in [-0.4, -0.2) is 52.9 Å². The fourth-order valence-corrected chi connectivity index (χ4v) is 3.08. The second-order valence-corrected chi connectivity index (χ2v) is 7.50. The van der Waals surface area contributed by atoms with Gasteiger partial charge < -0.3 is 25.5 Å². The molecule has 1 amide bonds. The molecular formula is C17H32N4O3. The van der Waals surface area contributed by atoms with Crippen molar-refractivity contribution in [2.75, 3.05) is 13.7 Å². The van der Waals surface area contributed by atoms with Crippen LogP contribution in [0.1, 0.15) is 46.5 Å². The van der Waals surface area contributed by atoms with Crippen LogP contribution in [0.15, 0.2) is 11.9 Å². The second kappa shape index (κ2) is 8.48. The number of allylic oxidation sites excluding steroid dienone is 1. The van der Waals surface area contributed by atoms with E-state index < -0.39 is 6.04 Å². The molecule has 1 aliphatic heterocycles. The lowest BCUT2D eigenvalue weighted by atomic mass is 9.85. The summed E-state index contributed by atoms with van der Waals surface area (Å²) >= 11 is 0. The number of nitrogens with zero attached hydrogens (tertiary/aromatic N) is 2. The number of rotatable bonds is 5. The average Bonchev–Trinajstić information content (AvgIpc) is 3.25. The second-order valence-electron chi connectivity index (χ2n) is 7.50. The molecule has 2 rings (SSSR count). The molecule has 0 radical (unpaired) electrons. The summed E-state index contributed by atoms with van der Waals surface area (Å²) in [4.78, 5) is 25.8. The Bertz CT molecular complexity index is 469. The van der Waals surface area contributed by atoms with Gasteiger partial charge in [0.1, 0.15) is 12.3 Å². The topological polar surface area (TPSA) is 113 Å². The maximum Gasteiger partial charge on any atom is 0.247 e. The first-order valence-electron chi connectivity index (χ1n) is 8.46. The van der Waals surface area contributed by atoms with E-state index in [2.05, 4.69) is 0 Å². The summed E-state index contributed by atoms with van der Waals surface area (Å²) in [6, 6.07) is -0.860. The molecule has 0 aromatic carbocycles. The lowest BCUT2D eigenvalue weighted by molar-refractivity contribution is -0.142. The zero-order chi connectivity index (χ0) is 18.5. The van der Waals surface area contributed by atoms with E-state index in [1.807, 2.05) is 20.8 Å². The zero-order valence-corrected chi connectivity index (χ0v) is 15.2. The van der Waals surface area contributed by atoms with Crippen molar-refractivity contribution in [1.82, 2.24) is 9.91 Å². The van der Waals surface area contributed by atoms with Crippen LogP contribution in [0.5, 0.6) is 0 Å². The molecule has 7 heteroatoms. The van der Waals surface area contributed by atoms with E-state index in [9.17, 15) is 9.59 Å². The van der Waals surface area contributed by atoms with E-state index in [0.717, 1.165) is 44.8 Å². The van der Waals surface area contributed by atoms with Crippen molar-refractivity contribution in [2.24, 2.45) is 22.9 Å². The number of amides is 1. The Morgan fingerprint density at radius 2 is 1.88 bits per heavy atom. The van der Waals surface area contributed by atoms with Crippen molar-refractivity contribution >= 4 is 12.2 Å². The lowest BCUT2D eigenvalue weighted by Crippen LogP contribution is -2.56. The molecule has 0 aromatic heterocycles. The largest absolute Gasteiger partial charge is 0.401 e. The minimum absolute atomic E-state index is 0.0931. The normalized spacial score (nSPS) is 22.5. The molecule has 1 saturated heterocycles. The van der Waals surface area contributed by atoms with Gasteiger partial charge in [-0.15, -0.1) is 0 Å². The Balaban J connectivity index is 0.00000139. The minimum atomic E-state index is -0.537. The Hall–Kier alpha value is -1.60. The van der Waals surface area contributed by atoms with Crippen LogP contribution in [-0.2, 0) is 9.59 Å². The minimum Gasteiger partial charge on any atom is -0.401 e. The van der Waals surface area contributed by atoms with E-state index in [1.54, 1.807) is 11.1 Å². The summed E-state index contributed by atoms with van der Waals surface area (Å²) in [7, 11) is 1.00. The highest BCUT2D eigenvalue weighted by molar-refractivity contribution is 5.85. The van der Waals surface area contributed by atoms with Gasteiger partial charge in [-0.1, -0.05) is 20.8 Å². The number of hydrogen-bond donors (Lipinski definition) is 3. The van der Waals surface area contributed by atoms with Gasteiger partial charge in [-0.25, -0.2) is 5.84 Å². The highest BCUT2D eigenvalue weighted by Crippen LogP contribution is 2.34. The molecule has 2 aliphatic rings. The Labute approximate surface area is 144 Å². The van der Waals surface area contributed by atoms with E-state index >= 15 is 0 Å². The van der Waals surface area contributed by atoms with Crippen LogP contribution in [0, 0.1) is 11.3 Å². The summed E-state index contributed by atoms with van der Waals surface area (Å²) in [6.07, 6.45) is 6.32. The van der Waals surface area contributed by atoms with Gasteiger partial charge in [0.15, 0.2) is 0 Å². The number of nitrogens with two attached hydrogens (primary N) is 2. The van der Waals surface area contributed by atoms with Crippen molar-refractivity contribution in [3.63, 3.8) is 0 Å². The molecule has 0 bridgehead atoms. The third-order valence-corrected chi connectivity index (χ3v) is 4.44. The molecular weight excluding hydrogens is 308 g/mol. The summed E-state index contributed by atoms with van der Waals surface area (Å²) in [5, 5.41) is 8.44. The highest BCUT2D eigenvalue weighted by Gasteiger charge is 2.41. The fourth-order valence-electron chi connectivity index (χ4n) is 3.08. The molecule has 24 heavy (non-hydrogen) atoms. The number of likely N-dealkylation sites (tertiary alicyclic amines) is 1. The van der Waals surface area contributed by atoms with Crippen LogP contribution in [0.3, 0.4) is 0 Å². The number of aldehydes is 1. The van der Waals surface area contributed by atoms with Crippen LogP contribution in [0.4, 0.5) is 0 Å². The van der Waals surface area contributed by atoms with Crippen molar-refractivity contribution in [3.05, 3.63) is 11.9 Å². The lowest BCUT2D eigenvalue weighted by Gasteiger charge is -2.39. The Morgan fingerprint density at radius 3 is 2.33 bits per heavy atom. The van der Waals surface area contributed by atoms with Crippen LogP contribution in [0.2, 0.25) is 0 Å². The smallest absolute Gasteiger partial charge is 0.247 e. The molecule has 0 spiro atoms. The first-order chi connectivity index (χ1) is 11.3. The first kappa shape index (κ1) is 20.4. The van der Waals surface area contributed by atoms with Gasteiger partial charge in [0.2, 0.25) is 5.91 Å². The molecule has 2 fully saturated rings. The molecule has 0 aromatic rings. The van der Waals surface area contributed by atoms with Gasteiger partial charge in [0, 0.05) is 31.5 Å². The molecule has 138 valence electrons. The predicted molar refractivity (Wildman–Crippen MR) is 93.2 cm³/mol. The zero-order valence-electron chi connectivity index (χ0n) is 15.2. The van der Waals surface area contributed by atoms with Gasteiger partial charge in [-0.3, -0.25) is 4.79 Å². The summed E-state index contributed by atoms with van der Waals surface area (Å²) < 4.78 is 0. The van der Waals surface area contributed by atoms with Crippen molar-refractivity contribution in [1.29, 1.82) is 0 Å². The fraction of sp³-hybridized carbons (Fsp3) is 0.765. The molecule has 2 unspecified atom stereocenters. The maximum absolute atomic E-state index is 12.9. The van der Waals surface area contributed by atoms with Crippen molar-refractivity contribution < 1.29 is 14.7 Å². The molecule has 1 heterocycles.